The van der Waals surface area contributed by atoms with E-state index in [-0.39, 0.29) is 6.04 Å². The van der Waals surface area contributed by atoms with Gasteiger partial charge in [0.2, 0.25) is 0 Å². The van der Waals surface area contributed by atoms with E-state index in [0.717, 1.165) is 17.4 Å². The summed E-state index contributed by atoms with van der Waals surface area (Å²) < 4.78 is 11.7. The van der Waals surface area contributed by atoms with Crippen LogP contribution in [0.25, 0.3) is 0 Å². The second kappa shape index (κ2) is 9.05. The van der Waals surface area contributed by atoms with Crippen LogP contribution in [0.15, 0.2) is 15.2 Å². The minimum Gasteiger partial charge on any atom is -0.382 e. The van der Waals surface area contributed by atoms with Gasteiger partial charge in [-0.3, -0.25) is 0 Å². The molecule has 1 rings (SSSR count). The Balaban J connectivity index is 2.46. The fraction of sp³-hybridized carbons (Fsp3) is 0.667. The van der Waals surface area contributed by atoms with Crippen molar-refractivity contribution in [2.75, 3.05) is 33.5 Å². The van der Waals surface area contributed by atoms with Gasteiger partial charge in [0, 0.05) is 17.0 Å². The van der Waals surface area contributed by atoms with Crippen molar-refractivity contribution in [3.63, 3.8) is 0 Å². The van der Waals surface area contributed by atoms with E-state index in [1.165, 1.54) is 5.56 Å². The molecular formula is C12H20BrNO2S. The Hall–Kier alpha value is 0.0600. The van der Waals surface area contributed by atoms with Crippen LogP contribution < -0.4 is 5.32 Å². The summed E-state index contributed by atoms with van der Waals surface area (Å²) in [4.78, 5) is 0. The number of ether oxygens (including phenoxy) is 2. The highest BCUT2D eigenvalue weighted by Gasteiger charge is 2.14. The zero-order valence-corrected chi connectivity index (χ0v) is 12.8. The number of nitrogens with one attached hydrogen (secondary N) is 1. The third kappa shape index (κ3) is 5.48. The van der Waals surface area contributed by atoms with E-state index in [9.17, 15) is 0 Å². The van der Waals surface area contributed by atoms with Gasteiger partial charge in [-0.1, -0.05) is 6.92 Å². The van der Waals surface area contributed by atoms with Crippen molar-refractivity contribution in [2.24, 2.45) is 0 Å². The second-order valence-electron chi connectivity index (χ2n) is 3.75. The minimum absolute atomic E-state index is 0.257. The molecule has 1 unspecified atom stereocenters. The Morgan fingerprint density at radius 1 is 1.41 bits per heavy atom. The molecule has 98 valence electrons. The summed E-state index contributed by atoms with van der Waals surface area (Å²) in [5.41, 5.74) is 1.28. The van der Waals surface area contributed by atoms with Crippen molar-refractivity contribution in [1.29, 1.82) is 0 Å². The summed E-state index contributed by atoms with van der Waals surface area (Å²) in [5, 5.41) is 7.77. The number of rotatable bonds is 9. The van der Waals surface area contributed by atoms with Crippen molar-refractivity contribution in [3.8, 4) is 0 Å². The molecule has 3 nitrogen and oxygen atoms in total. The Morgan fingerprint density at radius 2 is 2.24 bits per heavy atom. The van der Waals surface area contributed by atoms with Crippen LogP contribution in [0, 0.1) is 0 Å². The van der Waals surface area contributed by atoms with Crippen LogP contribution in [0.2, 0.25) is 0 Å². The topological polar surface area (TPSA) is 30.5 Å². The molecule has 5 heteroatoms. The standard InChI is InChI=1S/C12H20BrNO2S/c1-3-4-14-12(7-16-6-5-15-2)10-8-17-9-11(10)13/h8-9,12,14H,3-7H2,1-2H3. The summed E-state index contributed by atoms with van der Waals surface area (Å²) in [6.45, 7) is 5.13. The van der Waals surface area contributed by atoms with Crippen LogP contribution in [-0.4, -0.2) is 33.5 Å². The van der Waals surface area contributed by atoms with E-state index in [1.54, 1.807) is 18.4 Å². The highest BCUT2D eigenvalue weighted by Crippen LogP contribution is 2.27. The average molecular weight is 322 g/mol. The highest BCUT2D eigenvalue weighted by molar-refractivity contribution is 9.10. The van der Waals surface area contributed by atoms with Crippen molar-refractivity contribution in [1.82, 2.24) is 5.32 Å². The molecule has 17 heavy (non-hydrogen) atoms. The largest absolute Gasteiger partial charge is 0.382 e. The van der Waals surface area contributed by atoms with E-state index in [4.69, 9.17) is 9.47 Å². The van der Waals surface area contributed by atoms with Gasteiger partial charge in [-0.25, -0.2) is 0 Å². The molecule has 1 N–H and O–H groups in total. The molecule has 0 amide bonds. The molecule has 1 aromatic heterocycles. The van der Waals surface area contributed by atoms with Gasteiger partial charge in [0.15, 0.2) is 0 Å². The van der Waals surface area contributed by atoms with Gasteiger partial charge in [0.25, 0.3) is 0 Å². The molecule has 1 aromatic rings. The van der Waals surface area contributed by atoms with Crippen LogP contribution in [0.1, 0.15) is 24.9 Å². The fourth-order valence-electron chi connectivity index (χ4n) is 1.46. The van der Waals surface area contributed by atoms with Gasteiger partial charge >= 0.3 is 0 Å². The molecule has 0 fully saturated rings. The maximum atomic E-state index is 5.61. The molecule has 1 atom stereocenters. The van der Waals surface area contributed by atoms with Gasteiger partial charge in [-0.2, -0.15) is 11.3 Å². The van der Waals surface area contributed by atoms with E-state index in [0.29, 0.717) is 19.8 Å². The lowest BCUT2D eigenvalue weighted by molar-refractivity contribution is 0.0585. The maximum absolute atomic E-state index is 5.61. The Bertz CT molecular complexity index is 306. The molecule has 0 aromatic carbocycles. The summed E-state index contributed by atoms with van der Waals surface area (Å²) in [6.07, 6.45) is 1.12. The van der Waals surface area contributed by atoms with E-state index >= 15 is 0 Å². The molecule has 0 aliphatic heterocycles. The molecule has 0 saturated heterocycles. The van der Waals surface area contributed by atoms with Gasteiger partial charge in [0.05, 0.1) is 25.9 Å². The van der Waals surface area contributed by atoms with Crippen LogP contribution in [-0.2, 0) is 9.47 Å². The van der Waals surface area contributed by atoms with Crippen LogP contribution in [0.5, 0.6) is 0 Å². The monoisotopic (exact) mass is 321 g/mol. The van der Waals surface area contributed by atoms with Crippen LogP contribution in [0.3, 0.4) is 0 Å². The van der Waals surface area contributed by atoms with E-state index in [1.807, 2.05) is 0 Å². The highest BCUT2D eigenvalue weighted by atomic mass is 79.9. The zero-order valence-electron chi connectivity index (χ0n) is 10.4. The smallest absolute Gasteiger partial charge is 0.0701 e. The van der Waals surface area contributed by atoms with E-state index in [2.05, 4.69) is 38.9 Å². The first-order valence-electron chi connectivity index (χ1n) is 5.81. The Labute approximate surface area is 116 Å². The molecule has 0 spiro atoms. The average Bonchev–Trinajstić information content (AvgIpc) is 2.75. The van der Waals surface area contributed by atoms with Crippen molar-refractivity contribution >= 4 is 27.3 Å². The number of hydrogen-bond donors (Lipinski definition) is 1. The quantitative estimate of drug-likeness (QED) is 0.708. The molecular weight excluding hydrogens is 302 g/mol. The summed E-state index contributed by atoms with van der Waals surface area (Å²) in [5.74, 6) is 0. The van der Waals surface area contributed by atoms with Crippen molar-refractivity contribution < 1.29 is 9.47 Å². The Kier molecular flexibility index (Phi) is 8.05. The predicted molar refractivity (Wildman–Crippen MR) is 75.7 cm³/mol. The second-order valence-corrected chi connectivity index (χ2v) is 5.35. The van der Waals surface area contributed by atoms with Crippen molar-refractivity contribution in [3.05, 3.63) is 20.8 Å². The molecule has 0 radical (unpaired) electrons. The maximum Gasteiger partial charge on any atom is 0.0701 e. The first-order chi connectivity index (χ1) is 8.29. The summed E-state index contributed by atoms with van der Waals surface area (Å²) >= 11 is 5.28. The fourth-order valence-corrected chi connectivity index (χ4v) is 3.09. The molecule has 1 heterocycles. The third-order valence-electron chi connectivity index (χ3n) is 2.37. The molecule has 0 aliphatic carbocycles. The SMILES string of the molecule is CCCNC(COCCOC)c1cscc1Br. The third-order valence-corrected chi connectivity index (χ3v) is 4.13. The lowest BCUT2D eigenvalue weighted by Crippen LogP contribution is -2.26. The number of halogens is 1. The van der Waals surface area contributed by atoms with Crippen molar-refractivity contribution in [2.45, 2.75) is 19.4 Å². The van der Waals surface area contributed by atoms with Gasteiger partial charge in [-0.15, -0.1) is 0 Å². The molecule has 0 bridgehead atoms. The first kappa shape index (κ1) is 15.1. The lowest BCUT2D eigenvalue weighted by Gasteiger charge is -2.18. The number of hydrogen-bond acceptors (Lipinski definition) is 4. The van der Waals surface area contributed by atoms with Crippen LogP contribution in [0.4, 0.5) is 0 Å². The van der Waals surface area contributed by atoms with E-state index < -0.39 is 0 Å². The summed E-state index contributed by atoms with van der Waals surface area (Å²) in [6, 6.07) is 0.257. The Morgan fingerprint density at radius 3 is 2.82 bits per heavy atom. The van der Waals surface area contributed by atoms with Crippen LogP contribution >= 0.6 is 27.3 Å². The molecule has 0 aliphatic rings. The molecule has 0 saturated carbocycles. The number of methoxy groups -OCH3 is 1. The predicted octanol–water partition coefficient (Wildman–Crippen LogP) is 3.21. The van der Waals surface area contributed by atoms with Gasteiger partial charge in [-0.05, 0) is 39.8 Å². The summed E-state index contributed by atoms with van der Waals surface area (Å²) in [7, 11) is 1.69. The normalized spacial score (nSPS) is 12.9. The number of thiophene rings is 1. The minimum atomic E-state index is 0.257. The van der Waals surface area contributed by atoms with Gasteiger partial charge in [0.1, 0.15) is 0 Å². The first-order valence-corrected chi connectivity index (χ1v) is 7.54. The zero-order chi connectivity index (χ0) is 12.5. The van der Waals surface area contributed by atoms with Gasteiger partial charge < -0.3 is 14.8 Å². The lowest BCUT2D eigenvalue weighted by atomic mass is 10.1.